The molecule has 0 saturated carbocycles. The van der Waals surface area contributed by atoms with Crippen molar-refractivity contribution in [2.75, 3.05) is 7.11 Å². The Morgan fingerprint density at radius 2 is 1.79 bits per heavy atom. The molecular formula is C20H19FN2O. The molecule has 0 aliphatic rings. The standard InChI is InChI=1S/C20H19FN2O/c1-14-10-17(4-9-20(14)21)22-12-16-11-15(2)23(13-16)18-5-7-19(24-3)8-6-18/h4-13H,1-3H3. The first-order valence-electron chi connectivity index (χ1n) is 7.70. The number of ether oxygens (including phenoxy) is 1. The van der Waals surface area contributed by atoms with E-state index in [1.165, 1.54) is 6.07 Å². The first-order chi connectivity index (χ1) is 11.6. The van der Waals surface area contributed by atoms with Crippen LogP contribution in [0.3, 0.4) is 0 Å². The molecular weight excluding hydrogens is 303 g/mol. The summed E-state index contributed by atoms with van der Waals surface area (Å²) in [6, 6.07) is 14.8. The van der Waals surface area contributed by atoms with Gasteiger partial charge in [0.05, 0.1) is 12.8 Å². The smallest absolute Gasteiger partial charge is 0.126 e. The molecule has 0 bridgehead atoms. The number of aromatic nitrogens is 1. The molecule has 0 aliphatic carbocycles. The van der Waals surface area contributed by atoms with Crippen molar-refractivity contribution in [1.29, 1.82) is 0 Å². The summed E-state index contributed by atoms with van der Waals surface area (Å²) >= 11 is 0. The molecule has 24 heavy (non-hydrogen) atoms. The Labute approximate surface area is 141 Å². The molecule has 0 unspecified atom stereocenters. The van der Waals surface area contributed by atoms with Gasteiger partial charge in [-0.15, -0.1) is 0 Å². The van der Waals surface area contributed by atoms with Crippen molar-refractivity contribution in [3.05, 3.63) is 77.4 Å². The van der Waals surface area contributed by atoms with Crippen LogP contribution in [-0.2, 0) is 0 Å². The quantitative estimate of drug-likeness (QED) is 0.621. The maximum Gasteiger partial charge on any atom is 0.126 e. The number of aryl methyl sites for hydroxylation is 2. The molecule has 3 rings (SSSR count). The lowest BCUT2D eigenvalue weighted by Gasteiger charge is -2.06. The Morgan fingerprint density at radius 1 is 1.04 bits per heavy atom. The van der Waals surface area contributed by atoms with Crippen LogP contribution in [0, 0.1) is 19.7 Å². The first-order valence-corrected chi connectivity index (χ1v) is 7.70. The van der Waals surface area contributed by atoms with E-state index in [1.807, 2.05) is 37.4 Å². The van der Waals surface area contributed by atoms with Crippen LogP contribution in [0.5, 0.6) is 5.75 Å². The van der Waals surface area contributed by atoms with Gasteiger partial charge < -0.3 is 9.30 Å². The molecule has 1 heterocycles. The van der Waals surface area contributed by atoms with Crippen LogP contribution < -0.4 is 4.74 Å². The third kappa shape index (κ3) is 3.38. The predicted octanol–water partition coefficient (Wildman–Crippen LogP) is 4.99. The van der Waals surface area contributed by atoms with E-state index in [1.54, 1.807) is 32.4 Å². The van der Waals surface area contributed by atoms with Gasteiger partial charge in [0.25, 0.3) is 0 Å². The summed E-state index contributed by atoms with van der Waals surface area (Å²) in [6.07, 6.45) is 3.82. The predicted molar refractivity (Wildman–Crippen MR) is 95.4 cm³/mol. The molecule has 0 aliphatic heterocycles. The Bertz CT molecular complexity index is 879. The summed E-state index contributed by atoms with van der Waals surface area (Å²) in [6.45, 7) is 3.78. The van der Waals surface area contributed by atoms with Gasteiger partial charge in [0.15, 0.2) is 0 Å². The maximum absolute atomic E-state index is 13.3. The zero-order valence-electron chi connectivity index (χ0n) is 14.0. The summed E-state index contributed by atoms with van der Waals surface area (Å²) in [5, 5.41) is 0. The van der Waals surface area contributed by atoms with Crippen LogP contribution in [0.25, 0.3) is 5.69 Å². The van der Waals surface area contributed by atoms with E-state index in [-0.39, 0.29) is 5.82 Å². The summed E-state index contributed by atoms with van der Waals surface area (Å²) in [5.41, 5.74) is 4.49. The summed E-state index contributed by atoms with van der Waals surface area (Å²) in [7, 11) is 1.65. The first kappa shape index (κ1) is 16.0. The largest absolute Gasteiger partial charge is 0.497 e. The Kier molecular flexibility index (Phi) is 4.47. The SMILES string of the molecule is COc1ccc(-n2cc(C=Nc3ccc(F)c(C)c3)cc2C)cc1. The molecule has 0 fully saturated rings. The van der Waals surface area contributed by atoms with Crippen molar-refractivity contribution in [2.24, 2.45) is 4.99 Å². The van der Waals surface area contributed by atoms with Gasteiger partial charge in [0.1, 0.15) is 11.6 Å². The number of nitrogens with zero attached hydrogens (tertiary/aromatic N) is 2. The second-order valence-electron chi connectivity index (χ2n) is 5.67. The number of rotatable bonds is 4. The van der Waals surface area contributed by atoms with Crippen molar-refractivity contribution in [2.45, 2.75) is 13.8 Å². The third-order valence-electron chi connectivity index (χ3n) is 3.89. The van der Waals surface area contributed by atoms with Gasteiger partial charge in [-0.3, -0.25) is 4.99 Å². The van der Waals surface area contributed by atoms with Gasteiger partial charge >= 0.3 is 0 Å². The van der Waals surface area contributed by atoms with Gasteiger partial charge in [0.2, 0.25) is 0 Å². The summed E-state index contributed by atoms with van der Waals surface area (Å²) < 4.78 is 20.6. The molecule has 0 radical (unpaired) electrons. The molecule has 0 amide bonds. The topological polar surface area (TPSA) is 26.5 Å². The minimum absolute atomic E-state index is 0.213. The third-order valence-corrected chi connectivity index (χ3v) is 3.89. The van der Waals surface area contributed by atoms with Crippen LogP contribution in [0.1, 0.15) is 16.8 Å². The zero-order chi connectivity index (χ0) is 17.1. The minimum atomic E-state index is -0.213. The summed E-state index contributed by atoms with van der Waals surface area (Å²) in [4.78, 5) is 4.43. The number of hydrogen-bond acceptors (Lipinski definition) is 2. The zero-order valence-corrected chi connectivity index (χ0v) is 14.0. The number of aliphatic imine (C=N–C) groups is 1. The minimum Gasteiger partial charge on any atom is -0.497 e. The molecule has 0 N–H and O–H groups in total. The Hall–Kier alpha value is -2.88. The monoisotopic (exact) mass is 322 g/mol. The second-order valence-corrected chi connectivity index (χ2v) is 5.67. The fraction of sp³-hybridized carbons (Fsp3) is 0.150. The van der Waals surface area contributed by atoms with Crippen molar-refractivity contribution < 1.29 is 9.13 Å². The van der Waals surface area contributed by atoms with E-state index in [4.69, 9.17) is 4.74 Å². The van der Waals surface area contributed by atoms with Crippen LogP contribution in [0.2, 0.25) is 0 Å². The molecule has 0 saturated heterocycles. The van der Waals surface area contributed by atoms with Gasteiger partial charge in [-0.2, -0.15) is 0 Å². The molecule has 0 spiro atoms. The number of benzene rings is 2. The number of halogens is 1. The van der Waals surface area contributed by atoms with Crippen LogP contribution in [0.15, 0.2) is 59.7 Å². The van der Waals surface area contributed by atoms with Crippen LogP contribution in [0.4, 0.5) is 10.1 Å². The number of hydrogen-bond donors (Lipinski definition) is 0. The lowest BCUT2D eigenvalue weighted by Crippen LogP contribution is -1.94. The Balaban J connectivity index is 1.85. The van der Waals surface area contributed by atoms with E-state index in [0.29, 0.717) is 5.56 Å². The van der Waals surface area contributed by atoms with Crippen molar-refractivity contribution >= 4 is 11.9 Å². The highest BCUT2D eigenvalue weighted by atomic mass is 19.1. The molecule has 3 nitrogen and oxygen atoms in total. The van der Waals surface area contributed by atoms with E-state index >= 15 is 0 Å². The number of methoxy groups -OCH3 is 1. The van der Waals surface area contributed by atoms with E-state index in [9.17, 15) is 4.39 Å². The van der Waals surface area contributed by atoms with Crippen molar-refractivity contribution in [3.63, 3.8) is 0 Å². The van der Waals surface area contributed by atoms with Crippen LogP contribution in [-0.4, -0.2) is 17.9 Å². The fourth-order valence-corrected chi connectivity index (χ4v) is 2.55. The highest BCUT2D eigenvalue weighted by Gasteiger charge is 2.04. The molecule has 122 valence electrons. The average Bonchev–Trinajstić information content (AvgIpc) is 2.97. The van der Waals surface area contributed by atoms with Gasteiger partial charge in [0, 0.05) is 29.4 Å². The lowest BCUT2D eigenvalue weighted by molar-refractivity contribution is 0.414. The molecule has 2 aromatic carbocycles. The van der Waals surface area contributed by atoms with Gasteiger partial charge in [-0.1, -0.05) is 0 Å². The fourth-order valence-electron chi connectivity index (χ4n) is 2.55. The molecule has 3 aromatic rings. The van der Waals surface area contributed by atoms with Crippen molar-refractivity contribution in [3.8, 4) is 11.4 Å². The van der Waals surface area contributed by atoms with Crippen molar-refractivity contribution in [1.82, 2.24) is 4.57 Å². The second kappa shape index (κ2) is 6.71. The van der Waals surface area contributed by atoms with Gasteiger partial charge in [-0.05, 0) is 67.9 Å². The highest BCUT2D eigenvalue weighted by Crippen LogP contribution is 2.20. The van der Waals surface area contributed by atoms with E-state index in [0.717, 1.165) is 28.4 Å². The van der Waals surface area contributed by atoms with E-state index < -0.39 is 0 Å². The lowest BCUT2D eigenvalue weighted by atomic mass is 10.2. The maximum atomic E-state index is 13.3. The van der Waals surface area contributed by atoms with Gasteiger partial charge in [-0.25, -0.2) is 4.39 Å². The molecule has 1 aromatic heterocycles. The summed E-state index contributed by atoms with van der Waals surface area (Å²) in [5.74, 6) is 0.618. The van der Waals surface area contributed by atoms with Crippen LogP contribution >= 0.6 is 0 Å². The van der Waals surface area contributed by atoms with E-state index in [2.05, 4.69) is 15.6 Å². The normalized spacial score (nSPS) is 11.2. The average molecular weight is 322 g/mol. The highest BCUT2D eigenvalue weighted by molar-refractivity contribution is 5.82. The molecule has 4 heteroatoms. The molecule has 0 atom stereocenters. The Morgan fingerprint density at radius 3 is 2.46 bits per heavy atom.